The zero-order valence-electron chi connectivity index (χ0n) is 22.4. The van der Waals surface area contributed by atoms with Crippen LogP contribution in [0.25, 0.3) is 0 Å². The highest BCUT2D eigenvalue weighted by Gasteiger charge is 2.44. The van der Waals surface area contributed by atoms with Crippen LogP contribution in [0.3, 0.4) is 0 Å². The zero-order chi connectivity index (χ0) is 27.4. The van der Waals surface area contributed by atoms with Crippen LogP contribution in [-0.2, 0) is 20.8 Å². The molecule has 4 rings (SSSR count). The van der Waals surface area contributed by atoms with Crippen LogP contribution in [0.2, 0.25) is 0 Å². The smallest absolute Gasteiger partial charge is 0.407 e. The molecule has 3 aliphatic rings. The van der Waals surface area contributed by atoms with Gasteiger partial charge in [0.15, 0.2) is 0 Å². The van der Waals surface area contributed by atoms with Crippen molar-refractivity contribution in [2.24, 2.45) is 11.7 Å². The topological polar surface area (TPSA) is 145 Å². The zero-order valence-corrected chi connectivity index (χ0v) is 22.4. The average molecular weight is 528 g/mol. The normalized spacial score (nSPS) is 25.1. The maximum absolute atomic E-state index is 14.0. The van der Waals surface area contributed by atoms with E-state index in [1.54, 1.807) is 4.90 Å². The molecule has 4 amide bonds. The van der Waals surface area contributed by atoms with Gasteiger partial charge in [0.25, 0.3) is 0 Å². The van der Waals surface area contributed by atoms with E-state index in [-0.39, 0.29) is 36.4 Å². The number of carbonyl (C=O) groups excluding carboxylic acids is 3. The number of benzene rings is 1. The quantitative estimate of drug-likeness (QED) is 0.428. The number of hydrogen-bond acceptors (Lipinski definition) is 5. The van der Waals surface area contributed by atoms with Crippen molar-refractivity contribution >= 4 is 23.8 Å². The van der Waals surface area contributed by atoms with Gasteiger partial charge < -0.3 is 26.4 Å². The molecule has 208 valence electrons. The largest absolute Gasteiger partial charge is 0.465 e. The number of hydrogen-bond donors (Lipinski definition) is 4. The molecule has 5 N–H and O–H groups in total. The van der Waals surface area contributed by atoms with Crippen molar-refractivity contribution in [3.63, 3.8) is 0 Å². The number of nitrogens with zero attached hydrogens (tertiary/aromatic N) is 2. The van der Waals surface area contributed by atoms with E-state index in [2.05, 4.69) is 16.7 Å². The average Bonchev–Trinajstić information content (AvgIpc) is 3.32. The first-order valence-corrected chi connectivity index (χ1v) is 13.9. The molecule has 1 aromatic carbocycles. The standard InChI is InChI=1S/C28H41N5O5/c1-17(32(2)28(37)38)25(34)31-24(19-10-4-3-5-11-19)27(36)33-16-20(29)15-23(33)26(35)30-22-14-8-12-18-9-6-7-13-21(18)22/h6-7,9,13,17,19-20,22-24H,3-5,8,10-12,14-16,29H2,1-2H3,(H,30,35)(H,31,34)(H,37,38)/t17-,20-,22-,23-,24-/m0/s1. The monoisotopic (exact) mass is 527 g/mol. The second kappa shape index (κ2) is 12.1. The minimum absolute atomic E-state index is 0.0757. The van der Waals surface area contributed by atoms with E-state index in [0.717, 1.165) is 61.8 Å². The molecule has 0 bridgehead atoms. The molecule has 2 aliphatic carbocycles. The van der Waals surface area contributed by atoms with Crippen molar-refractivity contribution in [1.82, 2.24) is 20.4 Å². The molecular formula is C28H41N5O5. The van der Waals surface area contributed by atoms with Crippen molar-refractivity contribution in [3.8, 4) is 0 Å². The summed E-state index contributed by atoms with van der Waals surface area (Å²) in [6.07, 6.45) is 6.50. The molecule has 0 spiro atoms. The van der Waals surface area contributed by atoms with Crippen LogP contribution in [0, 0.1) is 5.92 Å². The van der Waals surface area contributed by atoms with E-state index in [1.807, 2.05) is 18.2 Å². The summed E-state index contributed by atoms with van der Waals surface area (Å²) in [5, 5.41) is 15.3. The number of aryl methyl sites for hydroxylation is 1. The van der Waals surface area contributed by atoms with Gasteiger partial charge in [-0.3, -0.25) is 19.3 Å². The van der Waals surface area contributed by atoms with Gasteiger partial charge in [-0.15, -0.1) is 0 Å². The van der Waals surface area contributed by atoms with Gasteiger partial charge in [0.2, 0.25) is 17.7 Å². The van der Waals surface area contributed by atoms with E-state index < -0.39 is 30.1 Å². The number of carboxylic acid groups (broad SMARTS) is 1. The van der Waals surface area contributed by atoms with Crippen molar-refractivity contribution in [3.05, 3.63) is 35.4 Å². The van der Waals surface area contributed by atoms with E-state index in [4.69, 9.17) is 5.73 Å². The predicted molar refractivity (Wildman–Crippen MR) is 142 cm³/mol. The summed E-state index contributed by atoms with van der Waals surface area (Å²) in [6.45, 7) is 1.73. The van der Waals surface area contributed by atoms with Gasteiger partial charge in [-0.25, -0.2) is 4.79 Å². The minimum Gasteiger partial charge on any atom is -0.465 e. The van der Waals surface area contributed by atoms with Gasteiger partial charge in [0, 0.05) is 19.6 Å². The number of nitrogens with one attached hydrogen (secondary N) is 2. The lowest BCUT2D eigenvalue weighted by molar-refractivity contribution is -0.143. The van der Waals surface area contributed by atoms with Crippen LogP contribution in [0.15, 0.2) is 24.3 Å². The Morgan fingerprint density at radius 3 is 2.50 bits per heavy atom. The fraction of sp³-hybridized carbons (Fsp3) is 0.643. The lowest BCUT2D eigenvalue weighted by Gasteiger charge is -2.36. The Balaban J connectivity index is 1.52. The van der Waals surface area contributed by atoms with Crippen molar-refractivity contribution in [1.29, 1.82) is 0 Å². The Labute approximate surface area is 224 Å². The van der Waals surface area contributed by atoms with Gasteiger partial charge in [-0.1, -0.05) is 43.5 Å². The molecule has 0 aromatic heterocycles. The summed E-state index contributed by atoms with van der Waals surface area (Å²) < 4.78 is 0. The molecule has 1 aromatic rings. The first-order chi connectivity index (χ1) is 18.2. The summed E-state index contributed by atoms with van der Waals surface area (Å²) in [6, 6.07) is 5.17. The van der Waals surface area contributed by atoms with Crippen LogP contribution >= 0.6 is 0 Å². The highest BCUT2D eigenvalue weighted by Crippen LogP contribution is 2.32. The fourth-order valence-electron chi connectivity index (χ4n) is 6.18. The Hall–Kier alpha value is -3.14. The molecule has 38 heavy (non-hydrogen) atoms. The third kappa shape index (κ3) is 6.11. The molecule has 0 radical (unpaired) electrons. The number of carbonyl (C=O) groups is 4. The molecule has 0 unspecified atom stereocenters. The Bertz CT molecular complexity index is 1040. The number of amides is 4. The third-order valence-electron chi connectivity index (χ3n) is 8.55. The lowest BCUT2D eigenvalue weighted by Crippen LogP contribution is -2.58. The fourth-order valence-corrected chi connectivity index (χ4v) is 6.18. The highest BCUT2D eigenvalue weighted by molar-refractivity contribution is 5.94. The van der Waals surface area contributed by atoms with Gasteiger partial charge in [0.05, 0.1) is 6.04 Å². The van der Waals surface area contributed by atoms with E-state index in [9.17, 15) is 24.3 Å². The summed E-state index contributed by atoms with van der Waals surface area (Å²) >= 11 is 0. The minimum atomic E-state index is -1.22. The SMILES string of the molecule is C[C@@H](C(=O)N[C@H](C(=O)N1C[C@@H](N)C[C@H]1C(=O)N[C@H]1CCCc2ccccc21)C1CCCCC1)N(C)C(=O)O. The second-order valence-electron chi connectivity index (χ2n) is 11.1. The molecule has 10 nitrogen and oxygen atoms in total. The summed E-state index contributed by atoms with van der Waals surface area (Å²) in [5.74, 6) is -1.14. The summed E-state index contributed by atoms with van der Waals surface area (Å²) in [7, 11) is 1.33. The first-order valence-electron chi connectivity index (χ1n) is 13.9. The van der Waals surface area contributed by atoms with Crippen LogP contribution in [0.4, 0.5) is 4.79 Å². The lowest BCUT2D eigenvalue weighted by atomic mass is 9.83. The number of likely N-dealkylation sites (tertiary alicyclic amines) is 1. The van der Waals surface area contributed by atoms with Gasteiger partial charge in [0.1, 0.15) is 18.1 Å². The van der Waals surface area contributed by atoms with Crippen LogP contribution in [0.5, 0.6) is 0 Å². The first kappa shape index (κ1) is 27.9. The van der Waals surface area contributed by atoms with Crippen LogP contribution in [-0.4, -0.2) is 76.5 Å². The predicted octanol–water partition coefficient (Wildman–Crippen LogP) is 2.17. The molecule has 2 fully saturated rings. The van der Waals surface area contributed by atoms with Crippen molar-refractivity contribution < 1.29 is 24.3 Å². The van der Waals surface area contributed by atoms with Gasteiger partial charge >= 0.3 is 6.09 Å². The second-order valence-corrected chi connectivity index (χ2v) is 11.1. The number of likely N-dealkylation sites (N-methyl/N-ethyl adjacent to an activating group) is 1. The molecule has 5 atom stereocenters. The number of nitrogens with two attached hydrogens (primary N) is 1. The van der Waals surface area contributed by atoms with Crippen molar-refractivity contribution in [2.45, 2.75) is 94.9 Å². The number of rotatable bonds is 7. The molecule has 1 saturated carbocycles. The molecule has 10 heteroatoms. The summed E-state index contributed by atoms with van der Waals surface area (Å²) in [4.78, 5) is 54.4. The summed E-state index contributed by atoms with van der Waals surface area (Å²) in [5.41, 5.74) is 8.63. The number of fused-ring (bicyclic) bond motifs is 1. The Kier molecular flexibility index (Phi) is 8.91. The van der Waals surface area contributed by atoms with Gasteiger partial charge in [-0.05, 0) is 62.5 Å². The maximum Gasteiger partial charge on any atom is 0.407 e. The van der Waals surface area contributed by atoms with Crippen LogP contribution in [0.1, 0.15) is 75.5 Å². The van der Waals surface area contributed by atoms with Gasteiger partial charge in [-0.2, -0.15) is 0 Å². The molecular weight excluding hydrogens is 486 g/mol. The molecule has 1 saturated heterocycles. The molecule has 1 aliphatic heterocycles. The van der Waals surface area contributed by atoms with E-state index >= 15 is 0 Å². The van der Waals surface area contributed by atoms with Crippen molar-refractivity contribution in [2.75, 3.05) is 13.6 Å². The Morgan fingerprint density at radius 2 is 1.79 bits per heavy atom. The molecule has 1 heterocycles. The highest BCUT2D eigenvalue weighted by atomic mass is 16.4. The van der Waals surface area contributed by atoms with E-state index in [0.29, 0.717) is 6.42 Å². The Morgan fingerprint density at radius 1 is 1.08 bits per heavy atom. The van der Waals surface area contributed by atoms with E-state index in [1.165, 1.54) is 19.5 Å². The van der Waals surface area contributed by atoms with Crippen LogP contribution < -0.4 is 16.4 Å². The maximum atomic E-state index is 14.0. The third-order valence-corrected chi connectivity index (χ3v) is 8.55.